The van der Waals surface area contributed by atoms with Gasteiger partial charge in [0.05, 0.1) is 25.9 Å². The molecule has 2 unspecified atom stereocenters. The first kappa shape index (κ1) is 14.3. The van der Waals surface area contributed by atoms with Gasteiger partial charge >= 0.3 is 0 Å². The molecule has 0 amide bonds. The number of rotatable bonds is 4. The van der Waals surface area contributed by atoms with Crippen LogP contribution in [0.25, 0.3) is 0 Å². The van der Waals surface area contributed by atoms with E-state index in [9.17, 15) is 9.90 Å². The summed E-state index contributed by atoms with van der Waals surface area (Å²) in [5.74, 6) is 1.31. The van der Waals surface area contributed by atoms with E-state index in [2.05, 4.69) is 0 Å². The van der Waals surface area contributed by atoms with Gasteiger partial charge in [-0.1, -0.05) is 0 Å². The fraction of sp³-hybridized carbons (Fsp3) is 0.533. The SMILES string of the molecule is CC1COC(CO)CN1CC(=O)c1ccc2c(c1)OCO2. The summed E-state index contributed by atoms with van der Waals surface area (Å²) in [5.41, 5.74) is 0.610. The second kappa shape index (κ2) is 6.01. The van der Waals surface area contributed by atoms with Gasteiger partial charge in [0.1, 0.15) is 0 Å². The number of morpholine rings is 1. The Labute approximate surface area is 123 Å². The van der Waals surface area contributed by atoms with Gasteiger partial charge in [-0.2, -0.15) is 0 Å². The maximum atomic E-state index is 12.4. The van der Waals surface area contributed by atoms with Crippen LogP contribution in [-0.4, -0.2) is 61.0 Å². The Bertz CT molecular complexity index is 533. The molecule has 6 nitrogen and oxygen atoms in total. The number of benzene rings is 1. The molecule has 2 atom stereocenters. The predicted octanol–water partition coefficient (Wildman–Crippen LogP) is 0.680. The van der Waals surface area contributed by atoms with Gasteiger partial charge in [-0.3, -0.25) is 9.69 Å². The first-order valence-corrected chi connectivity index (χ1v) is 7.06. The number of ketones is 1. The normalized spacial score (nSPS) is 25.0. The maximum absolute atomic E-state index is 12.4. The van der Waals surface area contributed by atoms with Gasteiger partial charge < -0.3 is 19.3 Å². The largest absolute Gasteiger partial charge is 0.454 e. The van der Waals surface area contributed by atoms with Gasteiger partial charge in [0.25, 0.3) is 0 Å². The lowest BCUT2D eigenvalue weighted by Gasteiger charge is -2.36. The monoisotopic (exact) mass is 293 g/mol. The van der Waals surface area contributed by atoms with E-state index in [4.69, 9.17) is 14.2 Å². The van der Waals surface area contributed by atoms with Crippen LogP contribution in [0.5, 0.6) is 11.5 Å². The summed E-state index contributed by atoms with van der Waals surface area (Å²) in [6.07, 6.45) is -0.217. The molecule has 0 bridgehead atoms. The number of hydrogen-bond acceptors (Lipinski definition) is 6. The molecule has 3 rings (SSSR count). The van der Waals surface area contributed by atoms with Crippen LogP contribution < -0.4 is 9.47 Å². The van der Waals surface area contributed by atoms with Crippen LogP contribution in [-0.2, 0) is 4.74 Å². The minimum atomic E-state index is -0.217. The molecule has 0 saturated carbocycles. The average Bonchev–Trinajstić information content (AvgIpc) is 2.96. The second-order valence-electron chi connectivity index (χ2n) is 5.41. The van der Waals surface area contributed by atoms with Gasteiger partial charge in [0.15, 0.2) is 17.3 Å². The molecule has 2 heterocycles. The van der Waals surface area contributed by atoms with E-state index < -0.39 is 0 Å². The minimum Gasteiger partial charge on any atom is -0.454 e. The summed E-state index contributed by atoms with van der Waals surface area (Å²) < 4.78 is 16.0. The molecule has 1 saturated heterocycles. The summed E-state index contributed by atoms with van der Waals surface area (Å²) in [6, 6.07) is 5.39. The van der Waals surface area contributed by atoms with Crippen LogP contribution in [0.15, 0.2) is 18.2 Å². The smallest absolute Gasteiger partial charge is 0.231 e. The quantitative estimate of drug-likeness (QED) is 0.823. The van der Waals surface area contributed by atoms with Gasteiger partial charge in [-0.05, 0) is 25.1 Å². The zero-order valence-corrected chi connectivity index (χ0v) is 11.9. The molecule has 1 aromatic carbocycles. The number of aliphatic hydroxyl groups is 1. The number of hydrogen-bond donors (Lipinski definition) is 1. The fourth-order valence-corrected chi connectivity index (χ4v) is 2.55. The van der Waals surface area contributed by atoms with Crippen LogP contribution in [0, 0.1) is 0 Å². The Balaban J connectivity index is 1.68. The van der Waals surface area contributed by atoms with Crippen molar-refractivity contribution >= 4 is 5.78 Å². The van der Waals surface area contributed by atoms with Gasteiger partial charge in [0.2, 0.25) is 6.79 Å². The lowest BCUT2D eigenvalue weighted by atomic mass is 10.1. The Morgan fingerprint density at radius 2 is 2.19 bits per heavy atom. The van der Waals surface area contributed by atoms with Crippen LogP contribution in [0.3, 0.4) is 0 Å². The van der Waals surface area contributed by atoms with Gasteiger partial charge in [0, 0.05) is 18.2 Å². The van der Waals surface area contributed by atoms with Crippen molar-refractivity contribution in [2.24, 2.45) is 0 Å². The summed E-state index contributed by atoms with van der Waals surface area (Å²) >= 11 is 0. The highest BCUT2D eigenvalue weighted by Crippen LogP contribution is 2.32. The zero-order chi connectivity index (χ0) is 14.8. The molecule has 1 fully saturated rings. The van der Waals surface area contributed by atoms with Crippen molar-refractivity contribution in [3.63, 3.8) is 0 Å². The molecule has 114 valence electrons. The van der Waals surface area contributed by atoms with Crippen molar-refractivity contribution in [2.45, 2.75) is 19.1 Å². The van der Waals surface area contributed by atoms with Crippen molar-refractivity contribution in [2.75, 3.05) is 33.1 Å². The maximum Gasteiger partial charge on any atom is 0.231 e. The van der Waals surface area contributed by atoms with E-state index in [0.29, 0.717) is 36.8 Å². The standard InChI is InChI=1S/C15H19NO5/c1-10-8-19-12(7-17)5-16(10)6-13(18)11-2-3-14-15(4-11)21-9-20-14/h2-4,10,12,17H,5-9H2,1H3. The van der Waals surface area contributed by atoms with E-state index in [1.165, 1.54) is 0 Å². The van der Waals surface area contributed by atoms with E-state index in [0.717, 1.165) is 0 Å². The van der Waals surface area contributed by atoms with Gasteiger partial charge in [-0.25, -0.2) is 0 Å². The van der Waals surface area contributed by atoms with Crippen molar-refractivity contribution in [3.8, 4) is 11.5 Å². The number of aliphatic hydroxyl groups excluding tert-OH is 1. The molecule has 2 aliphatic heterocycles. The zero-order valence-electron chi connectivity index (χ0n) is 11.9. The first-order chi connectivity index (χ1) is 10.2. The molecule has 0 aliphatic carbocycles. The van der Waals surface area contributed by atoms with Crippen molar-refractivity contribution in [3.05, 3.63) is 23.8 Å². The highest BCUT2D eigenvalue weighted by Gasteiger charge is 2.27. The lowest BCUT2D eigenvalue weighted by Crippen LogP contribution is -2.51. The fourth-order valence-electron chi connectivity index (χ4n) is 2.55. The Kier molecular flexibility index (Phi) is 4.10. The van der Waals surface area contributed by atoms with Gasteiger partial charge in [-0.15, -0.1) is 0 Å². The molecule has 1 N–H and O–H groups in total. The van der Waals surface area contributed by atoms with Crippen molar-refractivity contribution in [1.29, 1.82) is 0 Å². The van der Waals surface area contributed by atoms with E-state index in [-0.39, 0.29) is 31.3 Å². The molecule has 6 heteroatoms. The molecular weight excluding hydrogens is 274 g/mol. The first-order valence-electron chi connectivity index (χ1n) is 7.06. The third-order valence-corrected chi connectivity index (χ3v) is 3.88. The number of ether oxygens (including phenoxy) is 3. The third kappa shape index (κ3) is 3.02. The molecule has 21 heavy (non-hydrogen) atoms. The predicted molar refractivity (Wildman–Crippen MR) is 74.8 cm³/mol. The Morgan fingerprint density at radius 3 is 3.00 bits per heavy atom. The van der Waals surface area contributed by atoms with Crippen LogP contribution in [0.2, 0.25) is 0 Å². The number of fused-ring (bicyclic) bond motifs is 1. The highest BCUT2D eigenvalue weighted by atomic mass is 16.7. The number of carbonyl (C=O) groups is 1. The Morgan fingerprint density at radius 1 is 1.38 bits per heavy atom. The molecular formula is C15H19NO5. The molecule has 0 aromatic heterocycles. The van der Waals surface area contributed by atoms with E-state index in [1.54, 1.807) is 18.2 Å². The topological polar surface area (TPSA) is 68.2 Å². The summed E-state index contributed by atoms with van der Waals surface area (Å²) in [6.45, 7) is 3.59. The lowest BCUT2D eigenvalue weighted by molar-refractivity contribution is -0.0747. The molecule has 0 spiro atoms. The summed E-state index contributed by atoms with van der Waals surface area (Å²) in [5, 5.41) is 9.18. The van der Waals surface area contributed by atoms with E-state index in [1.807, 2.05) is 11.8 Å². The minimum absolute atomic E-state index is 0.0264. The molecule has 1 aromatic rings. The van der Waals surface area contributed by atoms with Crippen molar-refractivity contribution in [1.82, 2.24) is 4.90 Å². The molecule has 0 radical (unpaired) electrons. The third-order valence-electron chi connectivity index (χ3n) is 3.88. The van der Waals surface area contributed by atoms with Crippen LogP contribution in [0.1, 0.15) is 17.3 Å². The van der Waals surface area contributed by atoms with Crippen LogP contribution in [0.4, 0.5) is 0 Å². The van der Waals surface area contributed by atoms with E-state index >= 15 is 0 Å². The van der Waals surface area contributed by atoms with Crippen LogP contribution >= 0.6 is 0 Å². The number of nitrogens with zero attached hydrogens (tertiary/aromatic N) is 1. The highest BCUT2D eigenvalue weighted by molar-refractivity contribution is 5.98. The van der Waals surface area contributed by atoms with Crippen molar-refractivity contribution < 1.29 is 24.1 Å². The second-order valence-corrected chi connectivity index (χ2v) is 5.41. The molecule has 2 aliphatic rings. The number of Topliss-reactive ketones (excluding diaryl/α,β-unsaturated/α-hetero) is 1. The number of carbonyl (C=O) groups excluding carboxylic acids is 1. The summed E-state index contributed by atoms with van der Waals surface area (Å²) in [7, 11) is 0. The Hall–Kier alpha value is -1.63. The summed E-state index contributed by atoms with van der Waals surface area (Å²) in [4.78, 5) is 14.5. The average molecular weight is 293 g/mol.